The molecule has 160 valence electrons. The van der Waals surface area contributed by atoms with Gasteiger partial charge in [0.2, 0.25) is 15.9 Å². The maximum atomic E-state index is 13.2. The predicted molar refractivity (Wildman–Crippen MR) is 119 cm³/mol. The molecule has 4 rings (SSSR count). The molecule has 0 aromatic heterocycles. The summed E-state index contributed by atoms with van der Waals surface area (Å²) in [5.41, 5.74) is 1.59. The summed E-state index contributed by atoms with van der Waals surface area (Å²) in [4.78, 5) is 15.4. The molecule has 0 radical (unpaired) electrons. The molecule has 0 bridgehead atoms. The van der Waals surface area contributed by atoms with Gasteiger partial charge in [-0.2, -0.15) is 4.31 Å². The molecule has 2 heterocycles. The molecule has 2 aromatic carbocycles. The number of benzene rings is 2. The van der Waals surface area contributed by atoms with Crippen LogP contribution in [-0.2, 0) is 14.8 Å². The fraction of sp³-hybridized carbons (Fsp3) is 0.381. The number of nitrogens with zero attached hydrogens (tertiary/aromatic N) is 2. The predicted octanol–water partition coefficient (Wildman–Crippen LogP) is 2.89. The monoisotopic (exact) mass is 447 g/mol. The zero-order valence-electron chi connectivity index (χ0n) is 17.0. The Hall–Kier alpha value is -2.23. The molecule has 2 aliphatic rings. The number of methoxy groups -OCH3 is 1. The topological polar surface area (TPSA) is 79.0 Å². The van der Waals surface area contributed by atoms with Gasteiger partial charge in [-0.3, -0.25) is 4.79 Å². The van der Waals surface area contributed by atoms with E-state index in [0.29, 0.717) is 37.6 Å². The first-order chi connectivity index (χ1) is 14.4. The van der Waals surface area contributed by atoms with Gasteiger partial charge in [-0.1, -0.05) is 13.0 Å². The van der Waals surface area contributed by atoms with Crippen molar-refractivity contribution in [3.63, 3.8) is 0 Å². The van der Waals surface area contributed by atoms with Crippen LogP contribution in [0, 0.1) is 5.92 Å². The molecular formula is C21H25N3O4S2. The first-order valence-corrected chi connectivity index (χ1v) is 12.3. The summed E-state index contributed by atoms with van der Waals surface area (Å²) in [5, 5.41) is 2.86. The van der Waals surface area contributed by atoms with Crippen molar-refractivity contribution in [1.29, 1.82) is 0 Å². The minimum absolute atomic E-state index is 0.0808. The highest BCUT2D eigenvalue weighted by atomic mass is 32.2. The molecular weight excluding hydrogens is 422 g/mol. The molecule has 0 aliphatic carbocycles. The number of piperazine rings is 1. The van der Waals surface area contributed by atoms with E-state index in [1.54, 1.807) is 37.1 Å². The largest absolute Gasteiger partial charge is 0.497 e. The summed E-state index contributed by atoms with van der Waals surface area (Å²) in [5.74, 6) is 1.26. The average molecular weight is 448 g/mol. The van der Waals surface area contributed by atoms with E-state index in [-0.39, 0.29) is 16.7 Å². The van der Waals surface area contributed by atoms with Crippen molar-refractivity contribution in [2.75, 3.05) is 49.3 Å². The Morgan fingerprint density at radius 2 is 1.87 bits per heavy atom. The van der Waals surface area contributed by atoms with Crippen LogP contribution in [-0.4, -0.2) is 57.7 Å². The Morgan fingerprint density at radius 1 is 1.10 bits per heavy atom. The first kappa shape index (κ1) is 21.0. The maximum absolute atomic E-state index is 13.2. The lowest BCUT2D eigenvalue weighted by atomic mass is 10.2. The lowest BCUT2D eigenvalue weighted by Crippen LogP contribution is -2.48. The molecule has 1 atom stereocenters. The van der Waals surface area contributed by atoms with Crippen LogP contribution in [0.4, 0.5) is 11.4 Å². The minimum Gasteiger partial charge on any atom is -0.497 e. The van der Waals surface area contributed by atoms with Crippen LogP contribution >= 0.6 is 11.8 Å². The third kappa shape index (κ3) is 4.14. The lowest BCUT2D eigenvalue weighted by Gasteiger charge is -2.35. The number of rotatable bonds is 4. The Balaban J connectivity index is 1.50. The smallest absolute Gasteiger partial charge is 0.243 e. The Morgan fingerprint density at radius 3 is 2.60 bits per heavy atom. The molecule has 1 fully saturated rings. The van der Waals surface area contributed by atoms with Gasteiger partial charge in [-0.25, -0.2) is 8.42 Å². The van der Waals surface area contributed by atoms with Gasteiger partial charge in [0.05, 0.1) is 17.7 Å². The average Bonchev–Trinajstić information content (AvgIpc) is 2.91. The number of carbonyl (C=O) groups excluding carboxylic acids is 1. The summed E-state index contributed by atoms with van der Waals surface area (Å²) in [6, 6.07) is 12.8. The summed E-state index contributed by atoms with van der Waals surface area (Å²) < 4.78 is 33.2. The van der Waals surface area contributed by atoms with Gasteiger partial charge in [0.15, 0.2) is 0 Å². The number of ether oxygens (including phenoxy) is 1. The lowest BCUT2D eigenvalue weighted by molar-refractivity contribution is -0.118. The SMILES string of the molecule is COc1cccc(N2CCN(S(=O)(=O)c3ccc4c(c3)NC(=O)[C@H](C)CS4)CC2)c1. The Bertz CT molecular complexity index is 1050. The van der Waals surface area contributed by atoms with Gasteiger partial charge >= 0.3 is 0 Å². The molecule has 0 spiro atoms. The van der Waals surface area contributed by atoms with Gasteiger partial charge in [-0.15, -0.1) is 11.8 Å². The second kappa shape index (κ2) is 8.49. The Labute approximate surface area is 181 Å². The third-order valence-corrected chi connectivity index (χ3v) is 8.67. The van der Waals surface area contributed by atoms with Crippen LogP contribution in [0.15, 0.2) is 52.3 Å². The molecule has 1 amide bonds. The number of hydrogen-bond donors (Lipinski definition) is 1. The number of sulfonamides is 1. The van der Waals surface area contributed by atoms with Gasteiger partial charge in [0, 0.05) is 54.5 Å². The summed E-state index contributed by atoms with van der Waals surface area (Å²) in [6.07, 6.45) is 0. The van der Waals surface area contributed by atoms with E-state index in [2.05, 4.69) is 10.2 Å². The van der Waals surface area contributed by atoms with Crippen molar-refractivity contribution in [2.45, 2.75) is 16.7 Å². The molecule has 1 saturated heterocycles. The van der Waals surface area contributed by atoms with Crippen LogP contribution in [0.5, 0.6) is 5.75 Å². The number of hydrogen-bond acceptors (Lipinski definition) is 6. The highest BCUT2D eigenvalue weighted by Crippen LogP contribution is 2.35. The van der Waals surface area contributed by atoms with Crippen molar-refractivity contribution < 1.29 is 17.9 Å². The van der Waals surface area contributed by atoms with E-state index in [0.717, 1.165) is 16.3 Å². The molecule has 2 aromatic rings. The molecule has 9 heteroatoms. The standard InChI is InChI=1S/C21H25N3O4S2/c1-15-14-29-20-7-6-18(13-19(20)22-21(15)25)30(26,27)24-10-8-23(9-11-24)16-4-3-5-17(12-16)28-2/h3-7,12-13,15H,8-11,14H2,1-2H3,(H,22,25)/t15-/m1/s1. The van der Waals surface area contributed by atoms with Crippen LogP contribution in [0.3, 0.4) is 0 Å². The fourth-order valence-electron chi connectivity index (χ4n) is 3.58. The number of carbonyl (C=O) groups is 1. The number of fused-ring (bicyclic) bond motifs is 1. The second-order valence-corrected chi connectivity index (χ2v) is 10.5. The number of thioether (sulfide) groups is 1. The zero-order chi connectivity index (χ0) is 21.3. The van der Waals surface area contributed by atoms with Crippen LogP contribution in [0.2, 0.25) is 0 Å². The van der Waals surface area contributed by atoms with Gasteiger partial charge in [0.1, 0.15) is 5.75 Å². The highest BCUT2D eigenvalue weighted by Gasteiger charge is 2.30. The molecule has 2 aliphatic heterocycles. The van der Waals surface area contributed by atoms with Gasteiger partial charge < -0.3 is 15.0 Å². The van der Waals surface area contributed by atoms with E-state index in [9.17, 15) is 13.2 Å². The van der Waals surface area contributed by atoms with Gasteiger partial charge in [-0.05, 0) is 30.3 Å². The fourth-order valence-corrected chi connectivity index (χ4v) is 6.04. The summed E-state index contributed by atoms with van der Waals surface area (Å²) in [7, 11) is -2.00. The van der Waals surface area contributed by atoms with E-state index in [1.165, 1.54) is 4.31 Å². The highest BCUT2D eigenvalue weighted by molar-refractivity contribution is 7.99. The van der Waals surface area contributed by atoms with Gasteiger partial charge in [0.25, 0.3) is 0 Å². The second-order valence-electron chi connectivity index (χ2n) is 7.45. The number of amides is 1. The molecule has 1 N–H and O–H groups in total. The van der Waals surface area contributed by atoms with Crippen molar-refractivity contribution in [2.24, 2.45) is 5.92 Å². The maximum Gasteiger partial charge on any atom is 0.243 e. The molecule has 7 nitrogen and oxygen atoms in total. The van der Waals surface area contributed by atoms with Crippen LogP contribution in [0.25, 0.3) is 0 Å². The normalized spacial score (nSPS) is 20.3. The third-order valence-electron chi connectivity index (χ3n) is 5.44. The Kier molecular flexibility index (Phi) is 5.95. The molecule has 0 saturated carbocycles. The summed E-state index contributed by atoms with van der Waals surface area (Å²) >= 11 is 1.57. The van der Waals surface area contributed by atoms with E-state index >= 15 is 0 Å². The van der Waals surface area contributed by atoms with E-state index in [1.807, 2.05) is 31.2 Å². The number of nitrogens with one attached hydrogen (secondary N) is 1. The van der Waals surface area contributed by atoms with E-state index in [4.69, 9.17) is 4.74 Å². The van der Waals surface area contributed by atoms with Crippen molar-refractivity contribution in [1.82, 2.24) is 4.31 Å². The van der Waals surface area contributed by atoms with Crippen molar-refractivity contribution in [3.05, 3.63) is 42.5 Å². The quantitative estimate of drug-likeness (QED) is 0.777. The summed E-state index contributed by atoms with van der Waals surface area (Å²) in [6.45, 7) is 3.86. The van der Waals surface area contributed by atoms with Crippen LogP contribution < -0.4 is 15.0 Å². The minimum atomic E-state index is -3.64. The zero-order valence-corrected chi connectivity index (χ0v) is 18.6. The van der Waals surface area contributed by atoms with E-state index < -0.39 is 10.0 Å². The number of anilines is 2. The van der Waals surface area contributed by atoms with Crippen molar-refractivity contribution in [3.8, 4) is 5.75 Å². The molecule has 0 unspecified atom stereocenters. The first-order valence-electron chi connectivity index (χ1n) is 9.85. The molecule has 30 heavy (non-hydrogen) atoms. The van der Waals surface area contributed by atoms with Crippen molar-refractivity contribution >= 4 is 39.1 Å². The van der Waals surface area contributed by atoms with Crippen LogP contribution in [0.1, 0.15) is 6.92 Å².